The first-order valence-electron chi connectivity index (χ1n) is 8.30. The Hall–Kier alpha value is -2.50. The molecule has 4 rings (SSSR count). The highest BCUT2D eigenvalue weighted by Crippen LogP contribution is 2.32. The van der Waals surface area contributed by atoms with Crippen LogP contribution in [0.15, 0.2) is 24.4 Å². The first-order valence-corrected chi connectivity index (χ1v) is 8.30. The molecule has 1 atom stereocenters. The Labute approximate surface area is 141 Å². The summed E-state index contributed by atoms with van der Waals surface area (Å²) in [7, 11) is 2.01. The standard InChI is InChI=1S/C18H21N3O3/c1-12-10-20(2)17(19-12)14-5-6-21(11-14)18(22)13-3-4-15-16(9-13)24-8-7-23-15/h3-4,9-10,14H,5-8,11H2,1-2H3/t14-/m1/s1. The number of rotatable bonds is 2. The summed E-state index contributed by atoms with van der Waals surface area (Å²) in [5.41, 5.74) is 1.67. The fraction of sp³-hybridized carbons (Fsp3) is 0.444. The number of ether oxygens (including phenoxy) is 2. The van der Waals surface area contributed by atoms with Gasteiger partial charge in [-0.2, -0.15) is 0 Å². The minimum Gasteiger partial charge on any atom is -0.486 e. The summed E-state index contributed by atoms with van der Waals surface area (Å²) < 4.78 is 13.2. The number of hydrogen-bond acceptors (Lipinski definition) is 4. The number of imidazole rings is 1. The van der Waals surface area contributed by atoms with E-state index in [-0.39, 0.29) is 5.91 Å². The molecule has 3 heterocycles. The molecule has 0 bridgehead atoms. The lowest BCUT2D eigenvalue weighted by atomic mass is 10.1. The number of aromatic nitrogens is 2. The average molecular weight is 327 g/mol. The molecule has 126 valence electrons. The highest BCUT2D eigenvalue weighted by molar-refractivity contribution is 5.95. The van der Waals surface area contributed by atoms with Gasteiger partial charge in [0.15, 0.2) is 11.5 Å². The van der Waals surface area contributed by atoms with Crippen LogP contribution in [0, 0.1) is 6.92 Å². The fourth-order valence-electron chi connectivity index (χ4n) is 3.53. The van der Waals surface area contributed by atoms with Gasteiger partial charge in [0.1, 0.15) is 19.0 Å². The van der Waals surface area contributed by atoms with Gasteiger partial charge in [-0.1, -0.05) is 0 Å². The summed E-state index contributed by atoms with van der Waals surface area (Å²) in [5.74, 6) is 2.76. The summed E-state index contributed by atoms with van der Waals surface area (Å²) >= 11 is 0. The van der Waals surface area contributed by atoms with Crippen molar-refractivity contribution in [1.29, 1.82) is 0 Å². The lowest BCUT2D eigenvalue weighted by Crippen LogP contribution is -2.29. The van der Waals surface area contributed by atoms with Crippen molar-refractivity contribution in [2.24, 2.45) is 7.05 Å². The molecule has 6 nitrogen and oxygen atoms in total. The number of nitrogens with zero attached hydrogens (tertiary/aromatic N) is 3. The van der Waals surface area contributed by atoms with Crippen molar-refractivity contribution in [3.63, 3.8) is 0 Å². The van der Waals surface area contributed by atoms with Gasteiger partial charge in [-0.25, -0.2) is 4.98 Å². The molecule has 0 unspecified atom stereocenters. The third-order valence-electron chi connectivity index (χ3n) is 4.66. The summed E-state index contributed by atoms with van der Waals surface area (Å²) in [6.45, 7) is 4.53. The molecular formula is C18H21N3O3. The zero-order valence-electron chi connectivity index (χ0n) is 14.0. The molecule has 1 amide bonds. The van der Waals surface area contributed by atoms with Crippen LogP contribution in [-0.2, 0) is 7.05 Å². The van der Waals surface area contributed by atoms with Crippen molar-refractivity contribution in [2.75, 3.05) is 26.3 Å². The molecule has 24 heavy (non-hydrogen) atoms. The van der Waals surface area contributed by atoms with Gasteiger partial charge in [0.25, 0.3) is 5.91 Å². The van der Waals surface area contributed by atoms with E-state index in [0.717, 1.165) is 24.5 Å². The number of hydrogen-bond donors (Lipinski definition) is 0. The van der Waals surface area contributed by atoms with Crippen LogP contribution in [0.4, 0.5) is 0 Å². The van der Waals surface area contributed by atoms with Crippen molar-refractivity contribution >= 4 is 5.91 Å². The number of benzene rings is 1. The van der Waals surface area contributed by atoms with Crippen molar-refractivity contribution in [3.05, 3.63) is 41.5 Å². The second-order valence-electron chi connectivity index (χ2n) is 6.45. The predicted molar refractivity (Wildman–Crippen MR) is 88.6 cm³/mol. The third kappa shape index (κ3) is 2.62. The smallest absolute Gasteiger partial charge is 0.254 e. The second kappa shape index (κ2) is 5.85. The third-order valence-corrected chi connectivity index (χ3v) is 4.66. The molecule has 0 radical (unpaired) electrons. The summed E-state index contributed by atoms with van der Waals surface area (Å²) in [4.78, 5) is 19.3. The molecule has 0 N–H and O–H groups in total. The molecule has 0 spiro atoms. The van der Waals surface area contributed by atoms with Crippen LogP contribution >= 0.6 is 0 Å². The van der Waals surface area contributed by atoms with Gasteiger partial charge < -0.3 is 18.9 Å². The van der Waals surface area contributed by atoms with E-state index in [1.807, 2.05) is 37.2 Å². The number of amides is 1. The maximum Gasteiger partial charge on any atom is 0.254 e. The van der Waals surface area contributed by atoms with Gasteiger partial charge in [-0.15, -0.1) is 0 Å². The molecule has 2 aliphatic rings. The van der Waals surface area contributed by atoms with Gasteiger partial charge in [-0.3, -0.25) is 4.79 Å². The second-order valence-corrected chi connectivity index (χ2v) is 6.45. The first kappa shape index (κ1) is 15.1. The quantitative estimate of drug-likeness (QED) is 0.848. The van der Waals surface area contributed by atoms with Crippen LogP contribution in [0.25, 0.3) is 0 Å². The van der Waals surface area contributed by atoms with E-state index in [1.54, 1.807) is 6.07 Å². The van der Waals surface area contributed by atoms with Crippen LogP contribution in [0.1, 0.15) is 34.2 Å². The number of likely N-dealkylation sites (tertiary alicyclic amines) is 1. The van der Waals surface area contributed by atoms with Gasteiger partial charge in [-0.05, 0) is 31.5 Å². The van der Waals surface area contributed by atoms with Crippen molar-refractivity contribution in [1.82, 2.24) is 14.5 Å². The van der Waals surface area contributed by atoms with Gasteiger partial charge in [0.05, 0.1) is 5.69 Å². The van der Waals surface area contributed by atoms with E-state index < -0.39 is 0 Å². The van der Waals surface area contributed by atoms with Crippen LogP contribution in [0.2, 0.25) is 0 Å². The molecule has 1 aromatic carbocycles. The van der Waals surface area contributed by atoms with E-state index >= 15 is 0 Å². The highest BCUT2D eigenvalue weighted by Gasteiger charge is 2.30. The average Bonchev–Trinajstić information content (AvgIpc) is 3.20. The Balaban J connectivity index is 1.50. The lowest BCUT2D eigenvalue weighted by molar-refractivity contribution is 0.0789. The topological polar surface area (TPSA) is 56.6 Å². The Morgan fingerprint density at radius 2 is 2.04 bits per heavy atom. The number of fused-ring (bicyclic) bond motifs is 1. The van der Waals surface area contributed by atoms with Crippen molar-refractivity contribution in [3.8, 4) is 11.5 Å². The van der Waals surface area contributed by atoms with Crippen LogP contribution in [-0.4, -0.2) is 46.7 Å². The van der Waals surface area contributed by atoms with E-state index in [9.17, 15) is 4.79 Å². The lowest BCUT2D eigenvalue weighted by Gasteiger charge is -2.20. The molecule has 2 aliphatic heterocycles. The molecule has 0 saturated carbocycles. The molecule has 2 aromatic rings. The summed E-state index contributed by atoms with van der Waals surface area (Å²) in [6.07, 6.45) is 2.97. The molecule has 1 fully saturated rings. The maximum absolute atomic E-state index is 12.8. The molecule has 0 aliphatic carbocycles. The first-order chi connectivity index (χ1) is 11.6. The Bertz CT molecular complexity index is 784. The van der Waals surface area contributed by atoms with Crippen LogP contribution < -0.4 is 9.47 Å². The van der Waals surface area contributed by atoms with E-state index in [1.165, 1.54) is 0 Å². The zero-order chi connectivity index (χ0) is 16.7. The van der Waals surface area contributed by atoms with Crippen molar-refractivity contribution < 1.29 is 14.3 Å². The van der Waals surface area contributed by atoms with E-state index in [0.29, 0.717) is 42.7 Å². The Kier molecular flexibility index (Phi) is 3.67. The molecule has 6 heteroatoms. The molecule has 1 aromatic heterocycles. The minimum absolute atomic E-state index is 0.0420. The van der Waals surface area contributed by atoms with Crippen LogP contribution in [0.3, 0.4) is 0 Å². The van der Waals surface area contributed by atoms with E-state index in [4.69, 9.17) is 9.47 Å². The highest BCUT2D eigenvalue weighted by atomic mass is 16.6. The molecular weight excluding hydrogens is 306 g/mol. The number of aryl methyl sites for hydroxylation is 2. The van der Waals surface area contributed by atoms with Gasteiger partial charge in [0, 0.05) is 37.8 Å². The minimum atomic E-state index is 0.0420. The largest absolute Gasteiger partial charge is 0.486 e. The Morgan fingerprint density at radius 1 is 1.25 bits per heavy atom. The van der Waals surface area contributed by atoms with Crippen LogP contribution in [0.5, 0.6) is 11.5 Å². The SMILES string of the molecule is Cc1cn(C)c([C@@H]2CCN(C(=O)c3ccc4c(c3)OCCO4)C2)n1. The Morgan fingerprint density at radius 3 is 2.79 bits per heavy atom. The predicted octanol–water partition coefficient (Wildman–Crippen LogP) is 2.13. The summed E-state index contributed by atoms with van der Waals surface area (Å²) in [5, 5.41) is 0. The maximum atomic E-state index is 12.8. The number of carbonyl (C=O) groups excluding carboxylic acids is 1. The van der Waals surface area contributed by atoms with E-state index in [2.05, 4.69) is 9.55 Å². The van der Waals surface area contributed by atoms with Gasteiger partial charge >= 0.3 is 0 Å². The summed E-state index contributed by atoms with van der Waals surface area (Å²) in [6, 6.07) is 5.42. The molecule has 1 saturated heterocycles. The zero-order valence-corrected chi connectivity index (χ0v) is 14.0. The fourth-order valence-corrected chi connectivity index (χ4v) is 3.53. The van der Waals surface area contributed by atoms with Crippen molar-refractivity contribution in [2.45, 2.75) is 19.3 Å². The monoisotopic (exact) mass is 327 g/mol. The normalized spacial score (nSPS) is 19.6. The number of carbonyl (C=O) groups is 1. The van der Waals surface area contributed by atoms with Gasteiger partial charge in [0.2, 0.25) is 0 Å².